The van der Waals surface area contributed by atoms with Crippen LogP contribution in [0.25, 0.3) is 0 Å². The molecule has 2 nitrogen and oxygen atoms in total. The summed E-state index contributed by atoms with van der Waals surface area (Å²) < 4.78 is 0. The highest BCUT2D eigenvalue weighted by Crippen LogP contribution is 2.25. The Morgan fingerprint density at radius 2 is 1.95 bits per heavy atom. The zero-order chi connectivity index (χ0) is 14.1. The van der Waals surface area contributed by atoms with Crippen molar-refractivity contribution in [1.29, 1.82) is 0 Å². The van der Waals surface area contributed by atoms with Gasteiger partial charge >= 0.3 is 0 Å². The molecule has 0 aromatic heterocycles. The first-order valence-electron chi connectivity index (χ1n) is 8.53. The van der Waals surface area contributed by atoms with E-state index in [4.69, 9.17) is 0 Å². The molecule has 0 bridgehead atoms. The van der Waals surface area contributed by atoms with Crippen molar-refractivity contribution in [2.75, 3.05) is 26.2 Å². The average molecular weight is 268 g/mol. The first-order valence-corrected chi connectivity index (χ1v) is 8.53. The summed E-state index contributed by atoms with van der Waals surface area (Å²) in [4.78, 5) is 2.71. The second-order valence-electron chi connectivity index (χ2n) is 7.15. The van der Waals surface area contributed by atoms with Crippen molar-refractivity contribution >= 4 is 0 Å². The minimum absolute atomic E-state index is 0.482. The Morgan fingerprint density at radius 3 is 2.63 bits per heavy atom. The van der Waals surface area contributed by atoms with Crippen molar-refractivity contribution in [3.8, 4) is 0 Å². The van der Waals surface area contributed by atoms with Gasteiger partial charge in [-0.3, -0.25) is 0 Å². The topological polar surface area (TPSA) is 15.3 Å². The van der Waals surface area contributed by atoms with Crippen molar-refractivity contribution < 1.29 is 0 Å². The lowest BCUT2D eigenvalue weighted by Crippen LogP contribution is -2.41. The van der Waals surface area contributed by atoms with E-state index < -0.39 is 0 Å². The zero-order valence-corrected chi connectivity index (χ0v) is 13.8. The first kappa shape index (κ1) is 17.0. The number of nitrogens with zero attached hydrogens (tertiary/aromatic N) is 1. The summed E-state index contributed by atoms with van der Waals surface area (Å²) in [7, 11) is 0. The quantitative estimate of drug-likeness (QED) is 0.668. The van der Waals surface area contributed by atoms with Crippen molar-refractivity contribution in [2.45, 2.75) is 78.7 Å². The Kier molecular flexibility index (Phi) is 8.01. The van der Waals surface area contributed by atoms with Gasteiger partial charge in [0.2, 0.25) is 0 Å². The summed E-state index contributed by atoms with van der Waals surface area (Å²) >= 11 is 0. The van der Waals surface area contributed by atoms with Crippen LogP contribution in [0.3, 0.4) is 0 Å². The lowest BCUT2D eigenvalue weighted by atomic mass is 9.86. The fourth-order valence-electron chi connectivity index (χ4n) is 3.30. The molecule has 0 aromatic rings. The molecule has 0 spiro atoms. The maximum Gasteiger partial charge on any atom is 0.0194 e. The van der Waals surface area contributed by atoms with Crippen LogP contribution < -0.4 is 5.32 Å². The Bertz CT molecular complexity index is 225. The van der Waals surface area contributed by atoms with Crippen LogP contribution in [0.5, 0.6) is 0 Å². The number of nitrogens with one attached hydrogen (secondary N) is 1. The van der Waals surface area contributed by atoms with Crippen LogP contribution >= 0.6 is 0 Å². The smallest absolute Gasteiger partial charge is 0.0194 e. The van der Waals surface area contributed by atoms with Crippen molar-refractivity contribution in [3.05, 3.63) is 0 Å². The molecule has 0 aliphatic carbocycles. The van der Waals surface area contributed by atoms with Crippen LogP contribution in [-0.4, -0.2) is 37.1 Å². The molecule has 114 valence electrons. The molecule has 0 aromatic carbocycles. The highest BCUT2D eigenvalue weighted by atomic mass is 15.2. The number of rotatable bonds is 8. The highest BCUT2D eigenvalue weighted by Gasteiger charge is 2.24. The van der Waals surface area contributed by atoms with E-state index in [2.05, 4.69) is 37.9 Å². The predicted octanol–water partition coefficient (Wildman–Crippen LogP) is 4.06. The summed E-state index contributed by atoms with van der Waals surface area (Å²) in [5.74, 6) is 0. The van der Waals surface area contributed by atoms with Crippen LogP contribution in [0.15, 0.2) is 0 Å². The van der Waals surface area contributed by atoms with Gasteiger partial charge in [0, 0.05) is 19.1 Å². The largest absolute Gasteiger partial charge is 0.313 e. The Hall–Kier alpha value is -0.0800. The van der Waals surface area contributed by atoms with Gasteiger partial charge in [0.05, 0.1) is 0 Å². The van der Waals surface area contributed by atoms with Gasteiger partial charge in [-0.25, -0.2) is 0 Å². The number of hydrogen-bond acceptors (Lipinski definition) is 2. The first-order chi connectivity index (χ1) is 9.07. The predicted molar refractivity (Wildman–Crippen MR) is 85.7 cm³/mol. The van der Waals surface area contributed by atoms with E-state index in [1.54, 1.807) is 0 Å². The molecule has 1 N–H and O–H groups in total. The normalized spacial score (nSPS) is 22.4. The minimum atomic E-state index is 0.482. The third-order valence-corrected chi connectivity index (χ3v) is 4.31. The van der Waals surface area contributed by atoms with Gasteiger partial charge in [-0.05, 0) is 37.8 Å². The van der Waals surface area contributed by atoms with E-state index in [-0.39, 0.29) is 0 Å². The molecular formula is C17H36N2. The van der Waals surface area contributed by atoms with Crippen molar-refractivity contribution in [2.24, 2.45) is 5.41 Å². The van der Waals surface area contributed by atoms with Crippen LogP contribution in [0.2, 0.25) is 0 Å². The molecule has 1 unspecified atom stereocenters. The molecule has 2 heteroatoms. The van der Waals surface area contributed by atoms with Crippen LogP contribution in [-0.2, 0) is 0 Å². The highest BCUT2D eigenvalue weighted by molar-refractivity contribution is 4.80. The molecule has 19 heavy (non-hydrogen) atoms. The lowest BCUT2D eigenvalue weighted by molar-refractivity contribution is 0.162. The Morgan fingerprint density at radius 1 is 1.16 bits per heavy atom. The van der Waals surface area contributed by atoms with Gasteiger partial charge in [-0.15, -0.1) is 0 Å². The molecular weight excluding hydrogens is 232 g/mol. The third-order valence-electron chi connectivity index (χ3n) is 4.31. The summed E-state index contributed by atoms with van der Waals surface area (Å²) in [5.41, 5.74) is 0.482. The second kappa shape index (κ2) is 8.97. The van der Waals surface area contributed by atoms with Crippen LogP contribution in [0.4, 0.5) is 0 Å². The van der Waals surface area contributed by atoms with Gasteiger partial charge < -0.3 is 10.2 Å². The number of unbranched alkanes of at least 4 members (excludes halogenated alkanes) is 2. The van der Waals surface area contributed by atoms with E-state index in [0.717, 1.165) is 6.04 Å². The molecule has 1 atom stereocenters. The summed E-state index contributed by atoms with van der Waals surface area (Å²) in [6.45, 7) is 14.5. The van der Waals surface area contributed by atoms with E-state index >= 15 is 0 Å². The fourth-order valence-corrected chi connectivity index (χ4v) is 3.30. The molecule has 1 saturated heterocycles. The summed E-state index contributed by atoms with van der Waals surface area (Å²) in [6.07, 6.45) is 9.44. The molecule has 1 heterocycles. The molecule has 1 aliphatic rings. The molecule has 1 fully saturated rings. The standard InChI is InChI=1S/C17H36N2/c1-5-7-8-11-17(3,4)15-19-13-9-12-18-16(14-19)10-6-2/h16,18H,5-15H2,1-4H3. The molecule has 0 radical (unpaired) electrons. The Labute approximate surface area is 121 Å². The molecule has 1 rings (SSSR count). The van der Waals surface area contributed by atoms with Gasteiger partial charge in [-0.2, -0.15) is 0 Å². The second-order valence-corrected chi connectivity index (χ2v) is 7.15. The monoisotopic (exact) mass is 268 g/mol. The van der Waals surface area contributed by atoms with E-state index in [9.17, 15) is 0 Å². The minimum Gasteiger partial charge on any atom is -0.313 e. The van der Waals surface area contributed by atoms with Crippen molar-refractivity contribution in [1.82, 2.24) is 10.2 Å². The SMILES string of the molecule is CCCCCC(C)(C)CN1CCCNC(CCC)C1. The van der Waals surface area contributed by atoms with Gasteiger partial charge in [-0.1, -0.05) is 53.4 Å². The summed E-state index contributed by atoms with van der Waals surface area (Å²) in [5, 5.41) is 3.71. The maximum absolute atomic E-state index is 3.71. The van der Waals surface area contributed by atoms with Gasteiger partial charge in [0.1, 0.15) is 0 Å². The van der Waals surface area contributed by atoms with Crippen molar-refractivity contribution in [3.63, 3.8) is 0 Å². The van der Waals surface area contributed by atoms with Gasteiger partial charge in [0.25, 0.3) is 0 Å². The van der Waals surface area contributed by atoms with E-state index in [0.29, 0.717) is 5.41 Å². The average Bonchev–Trinajstić information content (AvgIpc) is 2.54. The maximum atomic E-state index is 3.71. The molecule has 1 aliphatic heterocycles. The Balaban J connectivity index is 2.39. The van der Waals surface area contributed by atoms with E-state index in [1.165, 1.54) is 71.1 Å². The zero-order valence-electron chi connectivity index (χ0n) is 13.8. The lowest BCUT2D eigenvalue weighted by Gasteiger charge is -2.33. The summed E-state index contributed by atoms with van der Waals surface area (Å²) in [6, 6.07) is 0.721. The third kappa shape index (κ3) is 7.31. The van der Waals surface area contributed by atoms with E-state index in [1.807, 2.05) is 0 Å². The molecule has 0 saturated carbocycles. The number of hydrogen-bond donors (Lipinski definition) is 1. The van der Waals surface area contributed by atoms with Crippen LogP contribution in [0, 0.1) is 5.41 Å². The molecule has 0 amide bonds. The fraction of sp³-hybridized carbons (Fsp3) is 1.00. The van der Waals surface area contributed by atoms with Crippen LogP contribution in [0.1, 0.15) is 72.6 Å². The van der Waals surface area contributed by atoms with Gasteiger partial charge in [0.15, 0.2) is 0 Å².